The fraction of sp³-hybridized carbons (Fsp3) is 0.188. The van der Waals surface area contributed by atoms with Crippen molar-refractivity contribution >= 4 is 11.9 Å². The number of phenols is 1. The molecule has 23 heavy (non-hydrogen) atoms. The van der Waals surface area contributed by atoms with Crippen molar-refractivity contribution < 1.29 is 27.4 Å². The largest absolute Gasteiger partial charge is 0.507 e. The molecule has 0 aromatic heterocycles. The van der Waals surface area contributed by atoms with Gasteiger partial charge >= 0.3 is 12.3 Å². The van der Waals surface area contributed by atoms with Crippen LogP contribution in [0, 0.1) is 0 Å². The van der Waals surface area contributed by atoms with Gasteiger partial charge in [-0.1, -0.05) is 12.1 Å². The van der Waals surface area contributed by atoms with E-state index in [1.807, 2.05) is 0 Å². The van der Waals surface area contributed by atoms with Gasteiger partial charge in [0, 0.05) is 11.8 Å². The van der Waals surface area contributed by atoms with Gasteiger partial charge in [-0.05, 0) is 36.4 Å². The molecular formula is C16H13F4NO2. The third-order valence-corrected chi connectivity index (χ3v) is 2.88. The fourth-order valence-corrected chi connectivity index (χ4v) is 1.61. The van der Waals surface area contributed by atoms with Gasteiger partial charge in [0.1, 0.15) is 11.5 Å². The van der Waals surface area contributed by atoms with E-state index in [-0.39, 0.29) is 11.5 Å². The standard InChI is InChI=1S/C16H13F4NO2/c17-15(18)16(19,20)10-23-13-7-5-12(6-8-13)21-9-11-3-1-2-4-14(11)22/h1-9,15,22H,10H2. The first-order valence-corrected chi connectivity index (χ1v) is 6.59. The maximum Gasteiger partial charge on any atom is 0.340 e. The van der Waals surface area contributed by atoms with Crippen molar-refractivity contribution in [1.29, 1.82) is 0 Å². The van der Waals surface area contributed by atoms with Crippen LogP contribution in [0.25, 0.3) is 0 Å². The van der Waals surface area contributed by atoms with Crippen molar-refractivity contribution in [3.05, 3.63) is 54.1 Å². The Hall–Kier alpha value is -2.57. The van der Waals surface area contributed by atoms with Crippen molar-refractivity contribution in [3.63, 3.8) is 0 Å². The molecule has 0 spiro atoms. The monoisotopic (exact) mass is 327 g/mol. The summed E-state index contributed by atoms with van der Waals surface area (Å²) < 4.78 is 54.1. The molecule has 0 saturated heterocycles. The smallest absolute Gasteiger partial charge is 0.340 e. The molecule has 122 valence electrons. The van der Waals surface area contributed by atoms with Gasteiger partial charge in [-0.15, -0.1) is 0 Å². The maximum absolute atomic E-state index is 12.7. The second-order valence-electron chi connectivity index (χ2n) is 4.66. The lowest BCUT2D eigenvalue weighted by molar-refractivity contribution is -0.148. The molecule has 0 amide bonds. The van der Waals surface area contributed by atoms with Crippen molar-refractivity contribution in [1.82, 2.24) is 0 Å². The van der Waals surface area contributed by atoms with Crippen LogP contribution in [-0.4, -0.2) is 30.3 Å². The molecule has 2 aromatic carbocycles. The molecule has 0 bridgehead atoms. The van der Waals surface area contributed by atoms with Crippen molar-refractivity contribution in [2.24, 2.45) is 4.99 Å². The SMILES string of the molecule is Oc1ccccc1C=Nc1ccc(OCC(F)(F)C(F)F)cc1. The van der Waals surface area contributed by atoms with Gasteiger partial charge in [-0.3, -0.25) is 4.99 Å². The zero-order valence-electron chi connectivity index (χ0n) is 11.8. The molecule has 0 fully saturated rings. The van der Waals surface area contributed by atoms with Gasteiger partial charge in [-0.25, -0.2) is 8.78 Å². The second kappa shape index (κ2) is 7.13. The number of halogens is 4. The van der Waals surface area contributed by atoms with Crippen LogP contribution in [0.1, 0.15) is 5.56 Å². The lowest BCUT2D eigenvalue weighted by atomic mass is 10.2. The van der Waals surface area contributed by atoms with E-state index in [1.54, 1.807) is 18.2 Å². The van der Waals surface area contributed by atoms with Crippen LogP contribution >= 0.6 is 0 Å². The maximum atomic E-state index is 12.7. The number of aromatic hydroxyl groups is 1. The molecule has 2 aromatic rings. The number of nitrogens with zero attached hydrogens (tertiary/aromatic N) is 1. The molecule has 0 saturated carbocycles. The molecular weight excluding hydrogens is 314 g/mol. The number of benzene rings is 2. The van der Waals surface area contributed by atoms with Crippen LogP contribution in [0.2, 0.25) is 0 Å². The van der Waals surface area contributed by atoms with Gasteiger partial charge in [0.2, 0.25) is 0 Å². The van der Waals surface area contributed by atoms with Crippen LogP contribution in [0.3, 0.4) is 0 Å². The molecule has 0 aliphatic rings. The minimum atomic E-state index is -4.19. The van der Waals surface area contributed by atoms with E-state index in [2.05, 4.69) is 9.73 Å². The Balaban J connectivity index is 1.99. The Morgan fingerprint density at radius 2 is 1.74 bits per heavy atom. The molecule has 0 aliphatic heterocycles. The average molecular weight is 327 g/mol. The molecule has 0 atom stereocenters. The Bertz CT molecular complexity index is 672. The number of ether oxygens (including phenoxy) is 1. The van der Waals surface area contributed by atoms with Gasteiger partial charge in [-0.2, -0.15) is 8.78 Å². The first-order chi connectivity index (χ1) is 10.9. The number of phenolic OH excluding ortho intramolecular Hbond substituents is 1. The Morgan fingerprint density at radius 1 is 1.09 bits per heavy atom. The van der Waals surface area contributed by atoms with Crippen LogP contribution in [0.15, 0.2) is 53.5 Å². The van der Waals surface area contributed by atoms with Crippen molar-refractivity contribution in [2.75, 3.05) is 6.61 Å². The lowest BCUT2D eigenvalue weighted by Gasteiger charge is -2.15. The highest BCUT2D eigenvalue weighted by atomic mass is 19.3. The topological polar surface area (TPSA) is 41.8 Å². The zero-order chi connectivity index (χ0) is 16.9. The number of aliphatic imine (C=N–C) groups is 1. The number of alkyl halides is 4. The summed E-state index contributed by atoms with van der Waals surface area (Å²) in [6, 6.07) is 12.2. The van der Waals surface area contributed by atoms with Gasteiger partial charge in [0.15, 0.2) is 6.61 Å². The minimum Gasteiger partial charge on any atom is -0.507 e. The summed E-state index contributed by atoms with van der Waals surface area (Å²) in [5, 5.41) is 9.58. The van der Waals surface area contributed by atoms with E-state index >= 15 is 0 Å². The normalized spacial score (nSPS) is 12.0. The van der Waals surface area contributed by atoms with E-state index in [9.17, 15) is 22.7 Å². The van der Waals surface area contributed by atoms with Gasteiger partial charge < -0.3 is 9.84 Å². The zero-order valence-corrected chi connectivity index (χ0v) is 11.8. The first kappa shape index (κ1) is 16.8. The third-order valence-electron chi connectivity index (χ3n) is 2.88. The van der Waals surface area contributed by atoms with E-state index in [0.717, 1.165) is 0 Å². The summed E-state index contributed by atoms with van der Waals surface area (Å²) >= 11 is 0. The number of hydrogen-bond acceptors (Lipinski definition) is 3. The van der Waals surface area contributed by atoms with E-state index in [0.29, 0.717) is 11.3 Å². The van der Waals surface area contributed by atoms with Crippen LogP contribution in [-0.2, 0) is 0 Å². The highest BCUT2D eigenvalue weighted by molar-refractivity contribution is 5.85. The van der Waals surface area contributed by atoms with E-state index in [1.165, 1.54) is 36.5 Å². The highest BCUT2D eigenvalue weighted by Gasteiger charge is 2.41. The van der Waals surface area contributed by atoms with Crippen molar-refractivity contribution in [3.8, 4) is 11.5 Å². The molecule has 0 aliphatic carbocycles. The number of hydrogen-bond donors (Lipinski definition) is 1. The summed E-state index contributed by atoms with van der Waals surface area (Å²) in [4.78, 5) is 4.11. The Morgan fingerprint density at radius 3 is 2.35 bits per heavy atom. The fourth-order valence-electron chi connectivity index (χ4n) is 1.61. The second-order valence-corrected chi connectivity index (χ2v) is 4.66. The van der Waals surface area contributed by atoms with Crippen LogP contribution < -0.4 is 4.74 Å². The summed E-state index contributed by atoms with van der Waals surface area (Å²) in [5.74, 6) is -4.08. The van der Waals surface area contributed by atoms with Gasteiger partial charge in [0.05, 0.1) is 5.69 Å². The third kappa shape index (κ3) is 4.70. The first-order valence-electron chi connectivity index (χ1n) is 6.59. The Kier molecular flexibility index (Phi) is 5.20. The predicted molar refractivity (Wildman–Crippen MR) is 78.2 cm³/mol. The molecule has 2 rings (SSSR count). The predicted octanol–water partition coefficient (Wildman–Crippen LogP) is 4.42. The van der Waals surface area contributed by atoms with Gasteiger partial charge in [0.25, 0.3) is 0 Å². The quantitative estimate of drug-likeness (QED) is 0.630. The molecule has 1 N–H and O–H groups in total. The molecule has 0 radical (unpaired) electrons. The lowest BCUT2D eigenvalue weighted by Crippen LogP contribution is -2.33. The number of rotatable bonds is 6. The summed E-state index contributed by atoms with van der Waals surface area (Å²) in [6.45, 7) is -1.40. The van der Waals surface area contributed by atoms with Crippen LogP contribution in [0.5, 0.6) is 11.5 Å². The Labute approximate surface area is 129 Å². The average Bonchev–Trinajstić information content (AvgIpc) is 2.53. The highest BCUT2D eigenvalue weighted by Crippen LogP contribution is 2.25. The van der Waals surface area contributed by atoms with E-state index in [4.69, 9.17) is 0 Å². The molecule has 0 heterocycles. The molecule has 7 heteroatoms. The van der Waals surface area contributed by atoms with E-state index < -0.39 is 19.0 Å². The molecule has 3 nitrogen and oxygen atoms in total. The molecule has 0 unspecified atom stereocenters. The minimum absolute atomic E-state index is 0.0341. The van der Waals surface area contributed by atoms with Crippen LogP contribution in [0.4, 0.5) is 23.2 Å². The summed E-state index contributed by atoms with van der Waals surface area (Å²) in [7, 11) is 0. The summed E-state index contributed by atoms with van der Waals surface area (Å²) in [5.41, 5.74) is 1.01. The number of para-hydroxylation sites is 1. The summed E-state index contributed by atoms with van der Waals surface area (Å²) in [6.07, 6.45) is -2.33. The van der Waals surface area contributed by atoms with Crippen molar-refractivity contribution in [2.45, 2.75) is 12.3 Å².